The fraction of sp³-hybridized carbons (Fsp3) is 0.533. The molecule has 0 bridgehead atoms. The Morgan fingerprint density at radius 1 is 1.47 bits per heavy atom. The molecule has 1 fully saturated rings. The van der Waals surface area contributed by atoms with Crippen molar-refractivity contribution < 1.29 is 13.9 Å². The molecule has 0 radical (unpaired) electrons. The molecule has 4 heteroatoms. The Labute approximate surface area is 113 Å². The van der Waals surface area contributed by atoms with Crippen LogP contribution in [-0.2, 0) is 16.1 Å². The number of hydrogen-bond acceptors (Lipinski definition) is 2. The van der Waals surface area contributed by atoms with Crippen LogP contribution in [0.15, 0.2) is 24.3 Å². The molecule has 0 heterocycles. The summed E-state index contributed by atoms with van der Waals surface area (Å²) in [5, 5.41) is 0. The van der Waals surface area contributed by atoms with E-state index in [1.165, 1.54) is 13.2 Å². The predicted molar refractivity (Wildman–Crippen MR) is 71.1 cm³/mol. The van der Waals surface area contributed by atoms with Crippen LogP contribution in [0.4, 0.5) is 4.39 Å². The Balaban J connectivity index is 2.14. The van der Waals surface area contributed by atoms with Gasteiger partial charge in [-0.15, -0.1) is 0 Å². The molecule has 104 valence electrons. The number of benzene rings is 1. The standard InChI is InChI=1S/C15H20FNO2/c1-11(19-2)15(18)17(13-7-5-8-13)10-12-6-3-4-9-14(12)16/h3-4,6,9,11,13H,5,7-8,10H2,1-2H3. The smallest absolute Gasteiger partial charge is 0.251 e. The normalized spacial score (nSPS) is 16.8. The van der Waals surface area contributed by atoms with E-state index in [-0.39, 0.29) is 17.8 Å². The summed E-state index contributed by atoms with van der Waals surface area (Å²) >= 11 is 0. The van der Waals surface area contributed by atoms with Crippen molar-refractivity contribution in [3.63, 3.8) is 0 Å². The van der Waals surface area contributed by atoms with E-state index < -0.39 is 6.10 Å². The van der Waals surface area contributed by atoms with Crippen molar-refractivity contribution in [1.29, 1.82) is 0 Å². The van der Waals surface area contributed by atoms with Crippen molar-refractivity contribution in [3.05, 3.63) is 35.6 Å². The van der Waals surface area contributed by atoms with Crippen LogP contribution in [0.5, 0.6) is 0 Å². The molecule has 1 atom stereocenters. The first-order valence-electron chi connectivity index (χ1n) is 6.70. The molecule has 1 aliphatic carbocycles. The fourth-order valence-electron chi connectivity index (χ4n) is 2.23. The first kappa shape index (κ1) is 14.0. The van der Waals surface area contributed by atoms with Gasteiger partial charge in [0.25, 0.3) is 5.91 Å². The van der Waals surface area contributed by atoms with Gasteiger partial charge < -0.3 is 9.64 Å². The Kier molecular flexibility index (Phi) is 4.53. The monoisotopic (exact) mass is 265 g/mol. The summed E-state index contributed by atoms with van der Waals surface area (Å²) in [5.74, 6) is -0.319. The number of methoxy groups -OCH3 is 1. The first-order chi connectivity index (χ1) is 9.13. The largest absolute Gasteiger partial charge is 0.372 e. The van der Waals surface area contributed by atoms with Crippen LogP contribution < -0.4 is 0 Å². The Bertz CT molecular complexity index is 446. The van der Waals surface area contributed by atoms with Gasteiger partial charge in [-0.2, -0.15) is 0 Å². The fourth-order valence-corrected chi connectivity index (χ4v) is 2.23. The van der Waals surface area contributed by atoms with Crippen LogP contribution in [0, 0.1) is 5.82 Å². The minimum absolute atomic E-state index is 0.0598. The van der Waals surface area contributed by atoms with Gasteiger partial charge in [0.15, 0.2) is 0 Å². The van der Waals surface area contributed by atoms with E-state index in [1.807, 2.05) is 0 Å². The molecule has 0 spiro atoms. The highest BCUT2D eigenvalue weighted by Crippen LogP contribution is 2.27. The molecule has 19 heavy (non-hydrogen) atoms. The van der Waals surface area contributed by atoms with Gasteiger partial charge in [-0.05, 0) is 32.3 Å². The second-order valence-electron chi connectivity index (χ2n) is 5.02. The van der Waals surface area contributed by atoms with Crippen LogP contribution >= 0.6 is 0 Å². The van der Waals surface area contributed by atoms with Gasteiger partial charge in [-0.3, -0.25) is 4.79 Å². The lowest BCUT2D eigenvalue weighted by atomic mass is 9.90. The third kappa shape index (κ3) is 3.13. The molecule has 1 aromatic rings. The number of hydrogen-bond donors (Lipinski definition) is 0. The second-order valence-corrected chi connectivity index (χ2v) is 5.02. The van der Waals surface area contributed by atoms with Gasteiger partial charge in [0.2, 0.25) is 0 Å². The molecule has 2 rings (SSSR count). The van der Waals surface area contributed by atoms with Crippen LogP contribution in [0.3, 0.4) is 0 Å². The molecular formula is C15H20FNO2. The van der Waals surface area contributed by atoms with E-state index in [2.05, 4.69) is 0 Å². The number of ether oxygens (including phenoxy) is 1. The van der Waals surface area contributed by atoms with Gasteiger partial charge >= 0.3 is 0 Å². The predicted octanol–water partition coefficient (Wildman–Crippen LogP) is 2.74. The lowest BCUT2D eigenvalue weighted by molar-refractivity contribution is -0.146. The molecule has 1 unspecified atom stereocenters. The molecule has 1 saturated carbocycles. The molecule has 0 aliphatic heterocycles. The number of rotatable bonds is 5. The first-order valence-corrected chi connectivity index (χ1v) is 6.70. The summed E-state index contributed by atoms with van der Waals surface area (Å²) < 4.78 is 18.8. The zero-order valence-electron chi connectivity index (χ0n) is 11.4. The van der Waals surface area contributed by atoms with Crippen molar-refractivity contribution in [2.24, 2.45) is 0 Å². The van der Waals surface area contributed by atoms with Crippen LogP contribution in [0.25, 0.3) is 0 Å². The lowest BCUT2D eigenvalue weighted by Crippen LogP contribution is -2.47. The molecule has 1 aromatic carbocycles. The van der Waals surface area contributed by atoms with E-state index in [4.69, 9.17) is 4.74 Å². The SMILES string of the molecule is COC(C)C(=O)N(Cc1ccccc1F)C1CCC1. The van der Waals surface area contributed by atoms with Gasteiger partial charge in [-0.1, -0.05) is 18.2 Å². The van der Waals surface area contributed by atoms with Crippen molar-refractivity contribution in [2.45, 2.75) is 44.9 Å². The van der Waals surface area contributed by atoms with E-state index in [0.717, 1.165) is 19.3 Å². The topological polar surface area (TPSA) is 29.5 Å². The van der Waals surface area contributed by atoms with E-state index in [0.29, 0.717) is 12.1 Å². The van der Waals surface area contributed by atoms with Crippen LogP contribution in [0.1, 0.15) is 31.7 Å². The Morgan fingerprint density at radius 2 is 2.16 bits per heavy atom. The maximum Gasteiger partial charge on any atom is 0.251 e. The van der Waals surface area contributed by atoms with E-state index in [1.54, 1.807) is 30.0 Å². The summed E-state index contributed by atoms with van der Waals surface area (Å²) in [4.78, 5) is 14.1. The van der Waals surface area contributed by atoms with Crippen LogP contribution in [-0.4, -0.2) is 30.1 Å². The van der Waals surface area contributed by atoms with Gasteiger partial charge in [0.05, 0.1) is 0 Å². The number of halogens is 1. The summed E-state index contributed by atoms with van der Waals surface area (Å²) in [6.07, 6.45) is 2.65. The molecule has 0 aromatic heterocycles. The summed E-state index contributed by atoms with van der Waals surface area (Å²) in [5.41, 5.74) is 0.561. The van der Waals surface area contributed by atoms with Gasteiger partial charge in [0, 0.05) is 25.3 Å². The average molecular weight is 265 g/mol. The van der Waals surface area contributed by atoms with Gasteiger partial charge in [0.1, 0.15) is 11.9 Å². The highest BCUT2D eigenvalue weighted by Gasteiger charge is 2.31. The third-order valence-electron chi connectivity index (χ3n) is 3.80. The van der Waals surface area contributed by atoms with Crippen molar-refractivity contribution in [2.75, 3.05) is 7.11 Å². The highest BCUT2D eigenvalue weighted by molar-refractivity contribution is 5.81. The number of nitrogens with zero attached hydrogens (tertiary/aromatic N) is 1. The minimum Gasteiger partial charge on any atom is -0.372 e. The van der Waals surface area contributed by atoms with Crippen molar-refractivity contribution >= 4 is 5.91 Å². The maximum absolute atomic E-state index is 13.7. The zero-order chi connectivity index (χ0) is 13.8. The van der Waals surface area contributed by atoms with E-state index in [9.17, 15) is 9.18 Å². The number of carbonyl (C=O) groups is 1. The summed E-state index contributed by atoms with van der Waals surface area (Å²) in [6, 6.07) is 6.84. The summed E-state index contributed by atoms with van der Waals surface area (Å²) in [6.45, 7) is 2.05. The average Bonchev–Trinajstić information content (AvgIpc) is 2.36. The maximum atomic E-state index is 13.7. The minimum atomic E-state index is -0.479. The Morgan fingerprint density at radius 3 is 2.68 bits per heavy atom. The molecule has 1 amide bonds. The van der Waals surface area contributed by atoms with E-state index >= 15 is 0 Å². The highest BCUT2D eigenvalue weighted by atomic mass is 19.1. The second kappa shape index (κ2) is 6.15. The van der Waals surface area contributed by atoms with Crippen LogP contribution in [0.2, 0.25) is 0 Å². The number of carbonyl (C=O) groups excluding carboxylic acids is 1. The molecular weight excluding hydrogens is 245 g/mol. The Hall–Kier alpha value is -1.42. The molecule has 0 saturated heterocycles. The quantitative estimate of drug-likeness (QED) is 0.819. The van der Waals surface area contributed by atoms with Crippen molar-refractivity contribution in [1.82, 2.24) is 4.90 Å². The lowest BCUT2D eigenvalue weighted by Gasteiger charge is -2.38. The zero-order valence-corrected chi connectivity index (χ0v) is 11.4. The number of amides is 1. The van der Waals surface area contributed by atoms with Crippen molar-refractivity contribution in [3.8, 4) is 0 Å². The molecule has 1 aliphatic rings. The molecule has 3 nitrogen and oxygen atoms in total. The summed E-state index contributed by atoms with van der Waals surface area (Å²) in [7, 11) is 1.52. The van der Waals surface area contributed by atoms with Gasteiger partial charge in [-0.25, -0.2) is 4.39 Å². The third-order valence-corrected chi connectivity index (χ3v) is 3.80. The molecule has 0 N–H and O–H groups in total.